The summed E-state index contributed by atoms with van der Waals surface area (Å²) >= 11 is 0. The van der Waals surface area contributed by atoms with Crippen molar-refractivity contribution in [3.63, 3.8) is 0 Å². The Morgan fingerprint density at radius 1 is 0.906 bits per heavy atom. The van der Waals surface area contributed by atoms with E-state index in [1.54, 1.807) is 16.5 Å². The van der Waals surface area contributed by atoms with E-state index in [0.717, 1.165) is 24.3 Å². The van der Waals surface area contributed by atoms with Gasteiger partial charge in [0.25, 0.3) is 10.0 Å². The lowest BCUT2D eigenvalue weighted by atomic mass is 10.0. The molecular weight excluding hydrogens is 466 g/mol. The second kappa shape index (κ2) is 8.18. The molecule has 0 aliphatic rings. The Bertz CT molecular complexity index is 1220. The van der Waals surface area contributed by atoms with Gasteiger partial charge < -0.3 is 5.32 Å². The number of aromatic nitrogens is 2. The number of sulfonamides is 1. The number of rotatable bonds is 5. The molecule has 0 saturated carbocycles. The minimum absolute atomic E-state index is 0.221. The molecule has 0 atom stereocenters. The summed E-state index contributed by atoms with van der Waals surface area (Å²) in [5.74, 6) is -2.94. The highest BCUT2D eigenvalue weighted by atomic mass is 32.2. The van der Waals surface area contributed by atoms with Gasteiger partial charge in [-0.2, -0.15) is 31.4 Å². The quantitative estimate of drug-likeness (QED) is 0.473. The maximum Gasteiger partial charge on any atom is 0.471 e. The van der Waals surface area contributed by atoms with Crippen molar-refractivity contribution in [3.8, 4) is 11.1 Å². The molecule has 7 nitrogen and oxygen atoms in total. The first-order chi connectivity index (χ1) is 14.8. The number of nitrogens with one attached hydrogen (secondary N) is 3. The number of amides is 1. The molecule has 0 aliphatic carbocycles. The van der Waals surface area contributed by atoms with Crippen molar-refractivity contribution in [1.29, 1.82) is 0 Å². The van der Waals surface area contributed by atoms with E-state index in [4.69, 9.17) is 0 Å². The minimum atomic E-state index is -5.16. The third-order valence-corrected chi connectivity index (χ3v) is 5.38. The predicted octanol–water partition coefficient (Wildman–Crippen LogP) is 4.40. The number of H-pyrrole nitrogens is 1. The average Bonchev–Trinajstić information content (AvgIpc) is 3.12. The van der Waals surface area contributed by atoms with Gasteiger partial charge in [-0.3, -0.25) is 14.6 Å². The molecule has 0 radical (unpaired) electrons. The molecule has 14 heteroatoms. The third-order valence-electron chi connectivity index (χ3n) is 4.02. The van der Waals surface area contributed by atoms with Crippen LogP contribution >= 0.6 is 0 Å². The van der Waals surface area contributed by atoms with Crippen molar-refractivity contribution in [2.24, 2.45) is 0 Å². The van der Waals surface area contributed by atoms with Crippen LogP contribution in [-0.2, 0) is 21.0 Å². The van der Waals surface area contributed by atoms with E-state index in [1.807, 2.05) is 4.72 Å². The lowest BCUT2D eigenvalue weighted by Gasteiger charge is -2.12. The largest absolute Gasteiger partial charge is 0.471 e. The van der Waals surface area contributed by atoms with Gasteiger partial charge in [-0.15, -0.1) is 0 Å². The summed E-state index contributed by atoms with van der Waals surface area (Å²) in [5.41, 5.74) is -2.61. The van der Waals surface area contributed by atoms with E-state index >= 15 is 0 Å². The fourth-order valence-electron chi connectivity index (χ4n) is 2.61. The molecule has 32 heavy (non-hydrogen) atoms. The number of hydrogen-bond donors (Lipinski definition) is 3. The van der Waals surface area contributed by atoms with Crippen molar-refractivity contribution >= 4 is 27.4 Å². The number of nitrogens with zero attached hydrogens (tertiary/aromatic N) is 1. The molecule has 0 spiro atoms. The summed E-state index contributed by atoms with van der Waals surface area (Å²) in [6.45, 7) is 0. The van der Waals surface area contributed by atoms with Crippen LogP contribution in [0.3, 0.4) is 0 Å². The highest BCUT2D eigenvalue weighted by Gasteiger charge is 2.40. The van der Waals surface area contributed by atoms with E-state index in [2.05, 4.69) is 5.10 Å². The Morgan fingerprint density at radius 3 is 2.03 bits per heavy atom. The second-order valence-corrected chi connectivity index (χ2v) is 7.95. The van der Waals surface area contributed by atoms with Crippen LogP contribution in [0.4, 0.5) is 37.8 Å². The van der Waals surface area contributed by atoms with Crippen LogP contribution < -0.4 is 10.0 Å². The van der Waals surface area contributed by atoms with Gasteiger partial charge in [-0.25, -0.2) is 8.42 Å². The van der Waals surface area contributed by atoms with Gasteiger partial charge in [0.1, 0.15) is 5.69 Å². The number of carbonyl (C=O) groups excluding carboxylic acids is 1. The van der Waals surface area contributed by atoms with Gasteiger partial charge in [-0.1, -0.05) is 30.3 Å². The molecule has 1 heterocycles. The first kappa shape index (κ1) is 23.1. The van der Waals surface area contributed by atoms with Gasteiger partial charge >= 0.3 is 18.3 Å². The maximum absolute atomic E-state index is 13.5. The normalized spacial score (nSPS) is 12.4. The smallest absolute Gasteiger partial charge is 0.318 e. The van der Waals surface area contributed by atoms with Crippen LogP contribution in [0, 0.1) is 0 Å². The van der Waals surface area contributed by atoms with E-state index in [0.29, 0.717) is 0 Å². The summed E-state index contributed by atoms with van der Waals surface area (Å²) in [6, 6.07) is 10.6. The molecule has 3 N–H and O–H groups in total. The lowest BCUT2D eigenvalue weighted by Crippen LogP contribution is -2.29. The Labute approximate surface area is 176 Å². The zero-order valence-corrected chi connectivity index (χ0v) is 16.4. The molecule has 0 saturated heterocycles. The van der Waals surface area contributed by atoms with E-state index < -0.39 is 45.4 Å². The Hall–Kier alpha value is -3.55. The number of halogens is 6. The summed E-state index contributed by atoms with van der Waals surface area (Å²) in [4.78, 5) is 10.8. The fraction of sp³-hybridized carbons (Fsp3) is 0.111. The topological polar surface area (TPSA) is 104 Å². The van der Waals surface area contributed by atoms with Crippen LogP contribution in [0.5, 0.6) is 0 Å². The average molecular weight is 478 g/mol. The molecule has 0 unspecified atom stereocenters. The lowest BCUT2D eigenvalue weighted by molar-refractivity contribution is -0.167. The molecule has 1 aromatic heterocycles. The maximum atomic E-state index is 13.5. The van der Waals surface area contributed by atoms with Crippen LogP contribution in [0.1, 0.15) is 5.69 Å². The minimum Gasteiger partial charge on any atom is -0.318 e. The predicted molar refractivity (Wildman–Crippen MR) is 101 cm³/mol. The monoisotopic (exact) mass is 478 g/mol. The Balaban J connectivity index is 2.00. The van der Waals surface area contributed by atoms with Crippen LogP contribution in [0.15, 0.2) is 59.5 Å². The standard InChI is InChI=1S/C18H12F6N4O3S/c19-17(20,21)14-13(10-6-8-11(9-7-10)25-16(29)18(22,23)24)15(27-26-14)28-32(30,31)12-4-2-1-3-5-12/h1-9H,(H,25,29)(H2,26,27,28). The summed E-state index contributed by atoms with van der Waals surface area (Å²) in [6.07, 6.45) is -10.1. The van der Waals surface area contributed by atoms with E-state index in [-0.39, 0.29) is 16.1 Å². The van der Waals surface area contributed by atoms with Crippen LogP contribution in [0.25, 0.3) is 11.1 Å². The fourth-order valence-corrected chi connectivity index (χ4v) is 3.65. The van der Waals surface area contributed by atoms with Gasteiger partial charge in [0.05, 0.1) is 10.5 Å². The Morgan fingerprint density at radius 2 is 1.50 bits per heavy atom. The zero-order valence-electron chi connectivity index (χ0n) is 15.5. The Kier molecular flexibility index (Phi) is 5.91. The number of carbonyl (C=O) groups is 1. The van der Waals surface area contributed by atoms with Crippen molar-refractivity contribution < 1.29 is 39.6 Å². The van der Waals surface area contributed by atoms with Gasteiger partial charge in [0.2, 0.25) is 0 Å². The second-order valence-electron chi connectivity index (χ2n) is 6.27. The number of hydrogen-bond acceptors (Lipinski definition) is 4. The molecule has 0 bridgehead atoms. The summed E-state index contributed by atoms with van der Waals surface area (Å²) in [5, 5.41) is 6.70. The molecule has 0 fully saturated rings. The summed E-state index contributed by atoms with van der Waals surface area (Å²) < 4.78 is 104. The molecule has 1 amide bonds. The third kappa shape index (κ3) is 5.01. The highest BCUT2D eigenvalue weighted by Crippen LogP contribution is 2.40. The summed E-state index contributed by atoms with van der Waals surface area (Å²) in [7, 11) is -4.30. The number of alkyl halides is 6. The van der Waals surface area contributed by atoms with Crippen LogP contribution in [0.2, 0.25) is 0 Å². The number of aromatic amines is 1. The molecule has 170 valence electrons. The van der Waals surface area contributed by atoms with E-state index in [9.17, 15) is 39.6 Å². The van der Waals surface area contributed by atoms with Gasteiger partial charge in [0, 0.05) is 5.69 Å². The SMILES string of the molecule is O=C(Nc1ccc(-c2c(NS(=O)(=O)c3ccccc3)n[nH]c2C(F)(F)F)cc1)C(F)(F)F. The first-order valence-corrected chi connectivity index (χ1v) is 9.99. The van der Waals surface area contributed by atoms with E-state index in [1.165, 1.54) is 24.3 Å². The highest BCUT2D eigenvalue weighted by molar-refractivity contribution is 7.92. The number of anilines is 2. The molecular formula is C18H12F6N4O3S. The van der Waals surface area contributed by atoms with Gasteiger partial charge in [-0.05, 0) is 29.8 Å². The molecule has 0 aliphatic heterocycles. The van der Waals surface area contributed by atoms with Crippen molar-refractivity contribution in [2.75, 3.05) is 10.0 Å². The molecule has 3 aromatic rings. The van der Waals surface area contributed by atoms with Crippen molar-refractivity contribution in [1.82, 2.24) is 10.2 Å². The number of benzene rings is 2. The molecule has 3 rings (SSSR count). The van der Waals surface area contributed by atoms with Crippen LogP contribution in [-0.4, -0.2) is 30.7 Å². The van der Waals surface area contributed by atoms with Crippen molar-refractivity contribution in [2.45, 2.75) is 17.2 Å². The zero-order chi connectivity index (χ0) is 23.7. The van der Waals surface area contributed by atoms with Crippen molar-refractivity contribution in [3.05, 3.63) is 60.3 Å². The molecule has 2 aromatic carbocycles. The van der Waals surface area contributed by atoms with Gasteiger partial charge in [0.15, 0.2) is 5.82 Å². The first-order valence-electron chi connectivity index (χ1n) is 8.51.